The smallest absolute Gasteiger partial charge is 0.303 e. The van der Waals surface area contributed by atoms with Crippen LogP contribution in [-0.2, 0) is 33.3 Å². The van der Waals surface area contributed by atoms with Gasteiger partial charge in [0, 0.05) is 6.92 Å². The van der Waals surface area contributed by atoms with Crippen molar-refractivity contribution < 1.29 is 31.6 Å². The highest BCUT2D eigenvalue weighted by Crippen LogP contribution is 2.32. The Labute approximate surface area is 128 Å². The maximum atomic E-state index is 12.2. The monoisotopic (exact) mass is 328 g/mol. The summed E-state index contributed by atoms with van der Waals surface area (Å²) in [7, 11) is -3.89. The summed E-state index contributed by atoms with van der Waals surface area (Å²) in [5, 5.41) is 0. The van der Waals surface area contributed by atoms with E-state index in [1.807, 2.05) is 0 Å². The summed E-state index contributed by atoms with van der Waals surface area (Å²) in [4.78, 5) is 11.1. The van der Waals surface area contributed by atoms with Crippen LogP contribution in [-0.4, -0.2) is 52.0 Å². The lowest BCUT2D eigenvalue weighted by atomic mass is 10.1. The van der Waals surface area contributed by atoms with Crippen LogP contribution in [0.1, 0.15) is 6.92 Å². The zero-order chi connectivity index (χ0) is 15.7. The molecule has 2 aliphatic heterocycles. The summed E-state index contributed by atoms with van der Waals surface area (Å²) < 4.78 is 45.7. The van der Waals surface area contributed by atoms with E-state index in [0.717, 1.165) is 0 Å². The summed E-state index contributed by atoms with van der Waals surface area (Å²) in [6, 6.07) is 7.87. The van der Waals surface area contributed by atoms with Gasteiger partial charge in [-0.3, -0.25) is 8.98 Å². The molecule has 0 aromatic heterocycles. The number of rotatable bonds is 4. The molecule has 2 saturated heterocycles. The van der Waals surface area contributed by atoms with E-state index in [2.05, 4.69) is 0 Å². The number of benzene rings is 1. The van der Waals surface area contributed by atoms with Gasteiger partial charge in [-0.15, -0.1) is 0 Å². The van der Waals surface area contributed by atoms with Crippen LogP contribution in [0.15, 0.2) is 35.2 Å². The molecule has 2 fully saturated rings. The van der Waals surface area contributed by atoms with Crippen molar-refractivity contribution in [2.24, 2.45) is 0 Å². The predicted octanol–water partition coefficient (Wildman–Crippen LogP) is 0.490. The second kappa shape index (κ2) is 5.96. The van der Waals surface area contributed by atoms with Crippen molar-refractivity contribution in [1.29, 1.82) is 0 Å². The Morgan fingerprint density at radius 1 is 1.09 bits per heavy atom. The van der Waals surface area contributed by atoms with Gasteiger partial charge in [-0.2, -0.15) is 8.42 Å². The molecular weight excluding hydrogens is 312 g/mol. The molecule has 1 aromatic carbocycles. The molecule has 0 N–H and O–H groups in total. The Kier molecular flexibility index (Phi) is 4.18. The van der Waals surface area contributed by atoms with Gasteiger partial charge in [0.05, 0.1) is 18.1 Å². The second-order valence-electron chi connectivity index (χ2n) is 5.15. The summed E-state index contributed by atoms with van der Waals surface area (Å²) in [5.74, 6) is -0.431. The molecule has 0 radical (unpaired) electrons. The molecule has 0 saturated carbocycles. The molecule has 22 heavy (non-hydrogen) atoms. The minimum Gasteiger partial charge on any atom is -0.457 e. The van der Waals surface area contributed by atoms with Crippen LogP contribution in [0.25, 0.3) is 0 Å². The molecule has 3 rings (SSSR count). The number of hydrogen-bond donors (Lipinski definition) is 0. The van der Waals surface area contributed by atoms with Crippen LogP contribution in [0.4, 0.5) is 0 Å². The standard InChI is InChI=1S/C14H16O7S/c1-9(15)20-11-7-18-14-12(8-19-13(11)14)21-22(16,17)10-5-3-2-4-6-10/h2-6,11-14H,7-8H2,1H3/t11-,12+,13-,14-/m1/s1. The summed E-state index contributed by atoms with van der Waals surface area (Å²) in [5.41, 5.74) is 0. The van der Waals surface area contributed by atoms with Gasteiger partial charge < -0.3 is 14.2 Å². The van der Waals surface area contributed by atoms with E-state index >= 15 is 0 Å². The third-order valence-electron chi connectivity index (χ3n) is 3.56. The number of ether oxygens (including phenoxy) is 3. The van der Waals surface area contributed by atoms with Gasteiger partial charge in [-0.25, -0.2) is 0 Å². The molecule has 2 aliphatic rings. The SMILES string of the molecule is CC(=O)O[C@@H]1CO[C@H]2[C@@H]1OC[C@@H]2OS(=O)(=O)c1ccccc1. The van der Waals surface area contributed by atoms with Crippen molar-refractivity contribution in [2.45, 2.75) is 36.2 Å². The van der Waals surface area contributed by atoms with Crippen LogP contribution in [0.2, 0.25) is 0 Å². The fourth-order valence-electron chi connectivity index (χ4n) is 2.63. The van der Waals surface area contributed by atoms with Gasteiger partial charge in [-0.1, -0.05) is 18.2 Å². The Morgan fingerprint density at radius 3 is 2.32 bits per heavy atom. The Bertz CT molecular complexity index is 642. The highest BCUT2D eigenvalue weighted by molar-refractivity contribution is 7.86. The van der Waals surface area contributed by atoms with E-state index in [1.54, 1.807) is 18.2 Å². The van der Waals surface area contributed by atoms with E-state index in [4.69, 9.17) is 18.4 Å². The van der Waals surface area contributed by atoms with Crippen LogP contribution in [0.3, 0.4) is 0 Å². The molecule has 4 atom stereocenters. The summed E-state index contributed by atoms with van der Waals surface area (Å²) >= 11 is 0. The van der Waals surface area contributed by atoms with Gasteiger partial charge in [0.15, 0.2) is 6.10 Å². The van der Waals surface area contributed by atoms with E-state index < -0.39 is 40.5 Å². The van der Waals surface area contributed by atoms with Gasteiger partial charge >= 0.3 is 5.97 Å². The van der Waals surface area contributed by atoms with E-state index in [9.17, 15) is 13.2 Å². The molecule has 0 bridgehead atoms. The first kappa shape index (κ1) is 15.4. The number of esters is 1. The molecular formula is C14H16O7S. The molecule has 0 aliphatic carbocycles. The summed E-state index contributed by atoms with van der Waals surface area (Å²) in [6.45, 7) is 1.54. The second-order valence-corrected chi connectivity index (χ2v) is 6.72. The number of fused-ring (bicyclic) bond motifs is 1. The van der Waals surface area contributed by atoms with Gasteiger partial charge in [0.2, 0.25) is 0 Å². The lowest BCUT2D eigenvalue weighted by Crippen LogP contribution is -2.35. The average Bonchev–Trinajstić information content (AvgIpc) is 3.04. The largest absolute Gasteiger partial charge is 0.457 e. The third kappa shape index (κ3) is 3.00. The molecule has 0 unspecified atom stereocenters. The van der Waals surface area contributed by atoms with Crippen LogP contribution >= 0.6 is 0 Å². The van der Waals surface area contributed by atoms with Crippen LogP contribution < -0.4 is 0 Å². The van der Waals surface area contributed by atoms with Crippen LogP contribution in [0, 0.1) is 0 Å². The van der Waals surface area contributed by atoms with E-state index in [-0.39, 0.29) is 18.1 Å². The molecule has 0 amide bonds. The number of carbonyl (C=O) groups excluding carboxylic acids is 1. The molecule has 2 heterocycles. The first-order chi connectivity index (χ1) is 10.5. The molecule has 0 spiro atoms. The lowest BCUT2D eigenvalue weighted by molar-refractivity contribution is -0.150. The lowest BCUT2D eigenvalue weighted by Gasteiger charge is -2.16. The topological polar surface area (TPSA) is 88.1 Å². The zero-order valence-corrected chi connectivity index (χ0v) is 12.7. The van der Waals surface area contributed by atoms with Crippen LogP contribution in [0.5, 0.6) is 0 Å². The quantitative estimate of drug-likeness (QED) is 0.587. The Hall–Kier alpha value is -1.48. The highest BCUT2D eigenvalue weighted by Gasteiger charge is 2.51. The van der Waals surface area contributed by atoms with Crippen molar-refractivity contribution in [3.63, 3.8) is 0 Å². The maximum absolute atomic E-state index is 12.2. The van der Waals surface area contributed by atoms with Crippen molar-refractivity contribution in [3.8, 4) is 0 Å². The minimum atomic E-state index is -3.89. The van der Waals surface area contributed by atoms with Gasteiger partial charge in [-0.05, 0) is 12.1 Å². The molecule has 8 heteroatoms. The average molecular weight is 328 g/mol. The highest BCUT2D eigenvalue weighted by atomic mass is 32.2. The number of hydrogen-bond acceptors (Lipinski definition) is 7. The third-order valence-corrected chi connectivity index (χ3v) is 4.91. The van der Waals surface area contributed by atoms with Crippen molar-refractivity contribution in [1.82, 2.24) is 0 Å². The van der Waals surface area contributed by atoms with Crippen molar-refractivity contribution >= 4 is 16.1 Å². The molecule has 120 valence electrons. The van der Waals surface area contributed by atoms with Gasteiger partial charge in [0.25, 0.3) is 10.1 Å². The number of carbonyl (C=O) groups is 1. The maximum Gasteiger partial charge on any atom is 0.303 e. The first-order valence-corrected chi connectivity index (χ1v) is 8.27. The normalized spacial score (nSPS) is 31.0. The first-order valence-electron chi connectivity index (χ1n) is 6.86. The van der Waals surface area contributed by atoms with Gasteiger partial charge in [0.1, 0.15) is 18.3 Å². The fraction of sp³-hybridized carbons (Fsp3) is 0.500. The van der Waals surface area contributed by atoms with Crippen molar-refractivity contribution in [3.05, 3.63) is 30.3 Å². The summed E-state index contributed by atoms with van der Waals surface area (Å²) in [6.07, 6.45) is -2.35. The fourth-order valence-corrected chi connectivity index (χ4v) is 3.72. The van der Waals surface area contributed by atoms with Crippen molar-refractivity contribution in [2.75, 3.05) is 13.2 Å². The minimum absolute atomic E-state index is 0.0686. The Balaban J connectivity index is 1.69. The zero-order valence-electron chi connectivity index (χ0n) is 11.9. The molecule has 7 nitrogen and oxygen atoms in total. The van der Waals surface area contributed by atoms with E-state index in [1.165, 1.54) is 19.1 Å². The Morgan fingerprint density at radius 2 is 1.68 bits per heavy atom. The predicted molar refractivity (Wildman–Crippen MR) is 73.5 cm³/mol. The molecule has 1 aromatic rings. The van der Waals surface area contributed by atoms with E-state index in [0.29, 0.717) is 0 Å².